The number of rotatable bonds is 3. The molecule has 4 aromatic carbocycles. The molecule has 33 heavy (non-hydrogen) atoms. The fourth-order valence-electron chi connectivity index (χ4n) is 5.11. The van der Waals surface area contributed by atoms with Crippen LogP contribution in [-0.2, 0) is 0 Å². The van der Waals surface area contributed by atoms with Crippen LogP contribution >= 0.6 is 0 Å². The van der Waals surface area contributed by atoms with Crippen LogP contribution in [0.2, 0.25) is 0 Å². The topological polar surface area (TPSA) is 14.8 Å². The Kier molecular flexibility index (Phi) is 3.84. The molecule has 3 nitrogen and oxygen atoms in total. The maximum Gasteiger partial charge on any atom is 0.0643 e. The molecule has 0 saturated carbocycles. The lowest BCUT2D eigenvalue weighted by atomic mass is 10.1. The summed E-state index contributed by atoms with van der Waals surface area (Å²) >= 11 is 0. The van der Waals surface area contributed by atoms with Gasteiger partial charge in [-0.05, 0) is 54.6 Å². The van der Waals surface area contributed by atoms with Crippen molar-refractivity contribution in [2.75, 3.05) is 0 Å². The summed E-state index contributed by atoms with van der Waals surface area (Å²) < 4.78 is 6.94. The second-order valence-corrected chi connectivity index (χ2v) is 8.35. The average Bonchev–Trinajstić information content (AvgIpc) is 3.61. The first-order chi connectivity index (χ1) is 16.4. The van der Waals surface area contributed by atoms with E-state index in [4.69, 9.17) is 0 Å². The van der Waals surface area contributed by atoms with E-state index in [0.717, 1.165) is 0 Å². The first kappa shape index (κ1) is 18.1. The van der Waals surface area contributed by atoms with Gasteiger partial charge in [0.25, 0.3) is 0 Å². The molecule has 3 aromatic heterocycles. The molecule has 0 unspecified atom stereocenters. The number of hydrogen-bond acceptors (Lipinski definition) is 0. The summed E-state index contributed by atoms with van der Waals surface area (Å²) in [6.07, 6.45) is 6.59. The molecule has 0 atom stereocenters. The zero-order valence-corrected chi connectivity index (χ0v) is 18.0. The molecule has 0 amide bonds. The number of fused-ring (bicyclic) bond motifs is 6. The Balaban J connectivity index is 1.68. The van der Waals surface area contributed by atoms with Gasteiger partial charge in [0.15, 0.2) is 0 Å². The summed E-state index contributed by atoms with van der Waals surface area (Å²) in [5, 5.41) is 3.75. The Bertz CT molecular complexity index is 1490. The highest BCUT2D eigenvalue weighted by Crippen LogP contribution is 2.39. The molecule has 0 aliphatic heterocycles. The van der Waals surface area contributed by atoms with Crippen LogP contribution in [-0.4, -0.2) is 13.7 Å². The van der Waals surface area contributed by atoms with Gasteiger partial charge in [0.2, 0.25) is 0 Å². The molecular formula is C30H21N3. The fraction of sp³-hybridized carbons (Fsp3) is 0. The standard InChI is InChI=1S/C30H21N3/c1-4-10-22(11-5-1)31-19-16-25-28(31)26-17-20-32(23-12-6-2-7-13-23)30(26)27-18-21-33(29(25)27)24-14-8-3-9-15-24/h1-21H. The van der Waals surface area contributed by atoms with E-state index in [-0.39, 0.29) is 0 Å². The molecule has 0 N–H and O–H groups in total. The molecule has 0 aliphatic rings. The molecule has 3 heterocycles. The molecule has 0 saturated heterocycles. The predicted molar refractivity (Wildman–Crippen MR) is 137 cm³/mol. The maximum atomic E-state index is 2.31. The smallest absolute Gasteiger partial charge is 0.0643 e. The molecule has 0 bridgehead atoms. The van der Waals surface area contributed by atoms with Gasteiger partial charge in [0, 0.05) is 51.8 Å². The van der Waals surface area contributed by atoms with Crippen LogP contribution in [0.5, 0.6) is 0 Å². The van der Waals surface area contributed by atoms with Crippen LogP contribution in [0.1, 0.15) is 0 Å². The minimum Gasteiger partial charge on any atom is -0.316 e. The van der Waals surface area contributed by atoms with Gasteiger partial charge >= 0.3 is 0 Å². The second-order valence-electron chi connectivity index (χ2n) is 8.35. The zero-order chi connectivity index (χ0) is 21.8. The van der Waals surface area contributed by atoms with Crippen LogP contribution in [0.25, 0.3) is 49.8 Å². The van der Waals surface area contributed by atoms with Crippen LogP contribution < -0.4 is 0 Å². The van der Waals surface area contributed by atoms with Crippen molar-refractivity contribution in [1.82, 2.24) is 13.7 Å². The molecule has 156 valence electrons. The van der Waals surface area contributed by atoms with Crippen molar-refractivity contribution >= 4 is 32.7 Å². The van der Waals surface area contributed by atoms with Crippen LogP contribution in [0, 0.1) is 0 Å². The molecule has 7 aromatic rings. The normalized spacial score (nSPS) is 11.6. The summed E-state index contributed by atoms with van der Waals surface area (Å²) in [7, 11) is 0. The van der Waals surface area contributed by atoms with Gasteiger partial charge < -0.3 is 13.7 Å². The van der Waals surface area contributed by atoms with Crippen molar-refractivity contribution in [2.45, 2.75) is 0 Å². The van der Waals surface area contributed by atoms with Gasteiger partial charge in [-0.25, -0.2) is 0 Å². The minimum absolute atomic E-state index is 1.17. The lowest BCUT2D eigenvalue weighted by Gasteiger charge is -2.12. The van der Waals surface area contributed by atoms with Crippen LogP contribution in [0.4, 0.5) is 0 Å². The number of hydrogen-bond donors (Lipinski definition) is 0. The number of para-hydroxylation sites is 3. The largest absolute Gasteiger partial charge is 0.316 e. The SMILES string of the molecule is c1ccc(-n2ccc3c2c2ccn(-c4ccccc4)c2c2ccn(-c4ccccc4)c32)cc1. The van der Waals surface area contributed by atoms with Crippen molar-refractivity contribution in [3.8, 4) is 17.1 Å². The van der Waals surface area contributed by atoms with Gasteiger partial charge in [0.05, 0.1) is 16.6 Å². The molecule has 0 spiro atoms. The van der Waals surface area contributed by atoms with Gasteiger partial charge in [-0.1, -0.05) is 54.6 Å². The molecule has 0 aliphatic carbocycles. The summed E-state index contributed by atoms with van der Waals surface area (Å²) in [6.45, 7) is 0. The van der Waals surface area contributed by atoms with Crippen molar-refractivity contribution in [3.05, 3.63) is 128 Å². The monoisotopic (exact) mass is 423 g/mol. The Morgan fingerprint density at radius 3 is 0.848 bits per heavy atom. The van der Waals surface area contributed by atoms with Crippen molar-refractivity contribution in [3.63, 3.8) is 0 Å². The van der Waals surface area contributed by atoms with E-state index in [1.807, 2.05) is 0 Å². The van der Waals surface area contributed by atoms with E-state index in [1.165, 1.54) is 49.8 Å². The Morgan fingerprint density at radius 2 is 0.576 bits per heavy atom. The Morgan fingerprint density at radius 1 is 0.303 bits per heavy atom. The highest BCUT2D eigenvalue weighted by molar-refractivity contribution is 6.24. The summed E-state index contributed by atoms with van der Waals surface area (Å²) in [4.78, 5) is 0. The van der Waals surface area contributed by atoms with E-state index < -0.39 is 0 Å². The maximum absolute atomic E-state index is 2.31. The number of aromatic nitrogens is 3. The van der Waals surface area contributed by atoms with E-state index in [1.54, 1.807) is 0 Å². The van der Waals surface area contributed by atoms with E-state index >= 15 is 0 Å². The first-order valence-corrected chi connectivity index (χ1v) is 11.2. The van der Waals surface area contributed by atoms with Gasteiger partial charge in [0.1, 0.15) is 0 Å². The predicted octanol–water partition coefficient (Wildman–Crippen LogP) is 7.52. The third-order valence-corrected chi connectivity index (χ3v) is 6.53. The van der Waals surface area contributed by atoms with Gasteiger partial charge in [-0.3, -0.25) is 0 Å². The summed E-state index contributed by atoms with van der Waals surface area (Å²) in [6, 6.07) is 38.5. The average molecular weight is 424 g/mol. The third kappa shape index (κ3) is 2.63. The third-order valence-electron chi connectivity index (χ3n) is 6.53. The first-order valence-electron chi connectivity index (χ1n) is 11.2. The Labute approximate surface area is 191 Å². The molecule has 0 radical (unpaired) electrons. The van der Waals surface area contributed by atoms with E-state index in [2.05, 4.69) is 141 Å². The zero-order valence-electron chi connectivity index (χ0n) is 18.0. The lowest BCUT2D eigenvalue weighted by molar-refractivity contribution is 1.12. The molecule has 7 rings (SSSR count). The lowest BCUT2D eigenvalue weighted by Crippen LogP contribution is -1.96. The van der Waals surface area contributed by atoms with Crippen molar-refractivity contribution in [1.29, 1.82) is 0 Å². The highest BCUT2D eigenvalue weighted by Gasteiger charge is 2.19. The molecular weight excluding hydrogens is 402 g/mol. The summed E-state index contributed by atoms with van der Waals surface area (Å²) in [5.41, 5.74) is 7.19. The van der Waals surface area contributed by atoms with E-state index in [9.17, 15) is 0 Å². The molecule has 3 heteroatoms. The van der Waals surface area contributed by atoms with Crippen LogP contribution in [0.3, 0.4) is 0 Å². The van der Waals surface area contributed by atoms with Crippen molar-refractivity contribution < 1.29 is 0 Å². The van der Waals surface area contributed by atoms with Gasteiger partial charge in [-0.15, -0.1) is 0 Å². The molecule has 0 fully saturated rings. The van der Waals surface area contributed by atoms with Crippen molar-refractivity contribution in [2.24, 2.45) is 0 Å². The Hall–Kier alpha value is -4.50. The second kappa shape index (κ2) is 7.01. The van der Waals surface area contributed by atoms with Gasteiger partial charge in [-0.2, -0.15) is 0 Å². The summed E-state index contributed by atoms with van der Waals surface area (Å²) in [5.74, 6) is 0. The fourth-order valence-corrected chi connectivity index (χ4v) is 5.11. The number of nitrogens with zero attached hydrogens (tertiary/aromatic N) is 3. The minimum atomic E-state index is 1.17. The number of benzene rings is 4. The highest BCUT2D eigenvalue weighted by atomic mass is 15.0. The quantitative estimate of drug-likeness (QED) is 0.279. The van der Waals surface area contributed by atoms with Crippen LogP contribution in [0.15, 0.2) is 128 Å². The van der Waals surface area contributed by atoms with E-state index in [0.29, 0.717) is 0 Å².